The number of aromatic nitrogens is 1. The SMILES string of the molecule is NCC(=O)NCC(=O)NCCOc1ncc(C(F)(F)F)cc1Cl. The van der Waals surface area contributed by atoms with Gasteiger partial charge in [0.1, 0.15) is 11.6 Å². The fourth-order valence-electron chi connectivity index (χ4n) is 1.34. The Balaban J connectivity index is 2.36. The van der Waals surface area contributed by atoms with Crippen LogP contribution in [-0.4, -0.2) is 43.0 Å². The van der Waals surface area contributed by atoms with Crippen LogP contribution in [0.4, 0.5) is 13.2 Å². The minimum atomic E-state index is -4.54. The Bertz CT molecular complexity index is 569. The predicted octanol–water partition coefficient (Wildman–Crippen LogP) is 0.324. The smallest absolute Gasteiger partial charge is 0.417 e. The second-order valence-electron chi connectivity index (χ2n) is 4.19. The van der Waals surface area contributed by atoms with E-state index in [1.165, 1.54) is 0 Å². The number of pyridine rings is 1. The first-order valence-corrected chi connectivity index (χ1v) is 6.71. The largest absolute Gasteiger partial charge is 0.475 e. The molecule has 0 bridgehead atoms. The highest BCUT2D eigenvalue weighted by Crippen LogP contribution is 2.32. The van der Waals surface area contributed by atoms with Crippen LogP contribution in [0.2, 0.25) is 5.02 Å². The summed E-state index contributed by atoms with van der Waals surface area (Å²) in [5, 5.41) is 4.39. The molecule has 1 aromatic rings. The maximum absolute atomic E-state index is 12.4. The fraction of sp³-hybridized carbons (Fsp3) is 0.417. The van der Waals surface area contributed by atoms with Crippen molar-refractivity contribution in [1.29, 1.82) is 0 Å². The number of nitrogens with two attached hydrogens (primary N) is 1. The second kappa shape index (κ2) is 8.53. The number of carbonyl (C=O) groups is 2. The molecule has 0 unspecified atom stereocenters. The number of halogens is 4. The molecule has 4 N–H and O–H groups in total. The monoisotopic (exact) mass is 354 g/mol. The second-order valence-corrected chi connectivity index (χ2v) is 4.60. The van der Waals surface area contributed by atoms with E-state index in [9.17, 15) is 22.8 Å². The molecule has 2 amide bonds. The zero-order valence-electron chi connectivity index (χ0n) is 11.7. The highest BCUT2D eigenvalue weighted by Gasteiger charge is 2.31. The molecule has 0 saturated heterocycles. The Morgan fingerprint density at radius 1 is 1.30 bits per heavy atom. The van der Waals surface area contributed by atoms with Crippen LogP contribution < -0.4 is 21.1 Å². The maximum atomic E-state index is 12.4. The Morgan fingerprint density at radius 2 is 2.00 bits per heavy atom. The molecule has 0 aromatic carbocycles. The van der Waals surface area contributed by atoms with E-state index in [4.69, 9.17) is 22.1 Å². The fourth-order valence-corrected chi connectivity index (χ4v) is 1.56. The third-order valence-corrected chi connectivity index (χ3v) is 2.70. The molecular formula is C12H14ClF3N4O3. The van der Waals surface area contributed by atoms with Crippen LogP contribution in [0.1, 0.15) is 5.56 Å². The van der Waals surface area contributed by atoms with Crippen molar-refractivity contribution in [1.82, 2.24) is 15.6 Å². The first-order valence-electron chi connectivity index (χ1n) is 6.33. The molecule has 1 rings (SSSR count). The lowest BCUT2D eigenvalue weighted by Gasteiger charge is -2.11. The lowest BCUT2D eigenvalue weighted by Crippen LogP contribution is -2.40. The molecule has 0 spiro atoms. The van der Waals surface area contributed by atoms with Crippen LogP contribution in [0.15, 0.2) is 12.3 Å². The van der Waals surface area contributed by atoms with Gasteiger partial charge >= 0.3 is 6.18 Å². The lowest BCUT2D eigenvalue weighted by molar-refractivity contribution is -0.137. The minimum absolute atomic E-state index is 0.0519. The van der Waals surface area contributed by atoms with Crippen LogP contribution in [0.5, 0.6) is 5.88 Å². The van der Waals surface area contributed by atoms with Gasteiger partial charge in [-0.3, -0.25) is 9.59 Å². The molecule has 0 radical (unpaired) electrons. The first kappa shape index (κ1) is 19.0. The molecule has 0 saturated carbocycles. The average Bonchev–Trinajstić information content (AvgIpc) is 2.49. The highest BCUT2D eigenvalue weighted by atomic mass is 35.5. The van der Waals surface area contributed by atoms with Gasteiger partial charge in [-0.1, -0.05) is 11.6 Å². The summed E-state index contributed by atoms with van der Waals surface area (Å²) >= 11 is 5.64. The van der Waals surface area contributed by atoms with Gasteiger partial charge in [0.15, 0.2) is 0 Å². The van der Waals surface area contributed by atoms with E-state index in [-0.39, 0.29) is 37.1 Å². The summed E-state index contributed by atoms with van der Waals surface area (Å²) < 4.78 is 42.3. The van der Waals surface area contributed by atoms with E-state index in [0.717, 1.165) is 0 Å². The molecule has 1 heterocycles. The van der Waals surface area contributed by atoms with Crippen molar-refractivity contribution in [2.75, 3.05) is 26.2 Å². The summed E-state index contributed by atoms with van der Waals surface area (Å²) in [6, 6.07) is 0.699. The van der Waals surface area contributed by atoms with Crippen LogP contribution in [0, 0.1) is 0 Å². The Morgan fingerprint density at radius 3 is 2.57 bits per heavy atom. The van der Waals surface area contributed by atoms with Gasteiger partial charge in [-0.25, -0.2) is 4.98 Å². The minimum Gasteiger partial charge on any atom is -0.475 e. The van der Waals surface area contributed by atoms with Crippen molar-refractivity contribution >= 4 is 23.4 Å². The molecule has 0 aliphatic heterocycles. The van der Waals surface area contributed by atoms with Crippen LogP contribution >= 0.6 is 11.6 Å². The zero-order chi connectivity index (χ0) is 17.5. The molecule has 0 aliphatic carbocycles. The summed E-state index contributed by atoms with van der Waals surface area (Å²) in [7, 11) is 0. The van der Waals surface area contributed by atoms with Crippen molar-refractivity contribution < 1.29 is 27.5 Å². The van der Waals surface area contributed by atoms with E-state index < -0.39 is 23.6 Å². The standard InChI is InChI=1S/C12H14ClF3N4O3/c13-8-3-7(12(14,15)16)5-20-11(8)23-2-1-18-10(22)6-19-9(21)4-17/h3,5H,1-2,4,6,17H2,(H,18,22)(H,19,21). The van der Waals surface area contributed by atoms with Gasteiger partial charge in [0.05, 0.1) is 25.2 Å². The number of rotatable bonds is 7. The van der Waals surface area contributed by atoms with Crippen LogP contribution in [-0.2, 0) is 15.8 Å². The van der Waals surface area contributed by atoms with Crippen molar-refractivity contribution in [2.45, 2.75) is 6.18 Å². The van der Waals surface area contributed by atoms with E-state index in [1.54, 1.807) is 0 Å². The van der Waals surface area contributed by atoms with Crippen molar-refractivity contribution in [2.24, 2.45) is 5.73 Å². The summed E-state index contributed by atoms with van der Waals surface area (Å²) in [4.78, 5) is 25.6. The number of alkyl halides is 3. The molecule has 11 heteroatoms. The molecular weight excluding hydrogens is 341 g/mol. The number of hydrogen-bond donors (Lipinski definition) is 3. The number of ether oxygens (including phenoxy) is 1. The van der Waals surface area contributed by atoms with E-state index in [2.05, 4.69) is 15.6 Å². The number of carbonyl (C=O) groups excluding carboxylic acids is 2. The van der Waals surface area contributed by atoms with Gasteiger partial charge in [0, 0.05) is 6.20 Å². The quantitative estimate of drug-likeness (QED) is 0.612. The maximum Gasteiger partial charge on any atom is 0.417 e. The van der Waals surface area contributed by atoms with Crippen LogP contribution in [0.3, 0.4) is 0 Å². The molecule has 23 heavy (non-hydrogen) atoms. The van der Waals surface area contributed by atoms with Crippen molar-refractivity contribution in [3.05, 3.63) is 22.8 Å². The normalized spacial score (nSPS) is 11.0. The van der Waals surface area contributed by atoms with E-state index >= 15 is 0 Å². The Labute approximate surface area is 134 Å². The van der Waals surface area contributed by atoms with E-state index in [1.807, 2.05) is 0 Å². The number of hydrogen-bond acceptors (Lipinski definition) is 5. The van der Waals surface area contributed by atoms with Gasteiger partial charge in [-0.05, 0) is 6.07 Å². The van der Waals surface area contributed by atoms with Gasteiger partial charge in [0.2, 0.25) is 17.7 Å². The van der Waals surface area contributed by atoms with Gasteiger partial charge in [0.25, 0.3) is 0 Å². The molecule has 7 nitrogen and oxygen atoms in total. The molecule has 0 atom stereocenters. The number of amides is 2. The highest BCUT2D eigenvalue weighted by molar-refractivity contribution is 6.31. The first-order chi connectivity index (χ1) is 10.7. The molecule has 0 fully saturated rings. The van der Waals surface area contributed by atoms with Gasteiger partial charge < -0.3 is 21.1 Å². The third-order valence-electron chi connectivity index (χ3n) is 2.43. The van der Waals surface area contributed by atoms with E-state index in [0.29, 0.717) is 12.3 Å². The van der Waals surface area contributed by atoms with Crippen molar-refractivity contribution in [3.63, 3.8) is 0 Å². The van der Waals surface area contributed by atoms with Gasteiger partial charge in [-0.15, -0.1) is 0 Å². The number of nitrogens with zero attached hydrogens (tertiary/aromatic N) is 1. The summed E-state index contributed by atoms with van der Waals surface area (Å²) in [6.45, 7) is -0.477. The lowest BCUT2D eigenvalue weighted by atomic mass is 10.3. The number of nitrogens with one attached hydrogen (secondary N) is 2. The molecule has 0 aliphatic rings. The zero-order valence-corrected chi connectivity index (χ0v) is 12.5. The Hall–Kier alpha value is -2.07. The summed E-state index contributed by atoms with van der Waals surface area (Å²) in [6.07, 6.45) is -3.95. The van der Waals surface area contributed by atoms with Gasteiger partial charge in [-0.2, -0.15) is 13.2 Å². The topological polar surface area (TPSA) is 106 Å². The summed E-state index contributed by atoms with van der Waals surface area (Å²) in [5.74, 6) is -1.12. The molecule has 1 aromatic heterocycles. The van der Waals surface area contributed by atoms with Crippen LogP contribution in [0.25, 0.3) is 0 Å². The average molecular weight is 355 g/mol. The Kier molecular flexibility index (Phi) is 7.04. The predicted molar refractivity (Wildman–Crippen MR) is 74.8 cm³/mol. The third kappa shape index (κ3) is 6.70. The van der Waals surface area contributed by atoms with Crippen molar-refractivity contribution in [3.8, 4) is 5.88 Å². The molecule has 128 valence electrons. The summed E-state index contributed by atoms with van der Waals surface area (Å²) in [5.41, 5.74) is 4.06.